The summed E-state index contributed by atoms with van der Waals surface area (Å²) in [5.74, 6) is 1.90. The minimum absolute atomic E-state index is 0.240. The number of fused-ring (bicyclic) bond motifs is 2. The van der Waals surface area contributed by atoms with Crippen molar-refractivity contribution in [1.29, 1.82) is 0 Å². The fraction of sp³-hybridized carbons (Fsp3) is 0.650. The van der Waals surface area contributed by atoms with Crippen LogP contribution in [-0.2, 0) is 11.3 Å². The van der Waals surface area contributed by atoms with Gasteiger partial charge < -0.3 is 5.32 Å². The standard InChI is InChI=1S/C20H29N3O/c24-20(21-19-13-17-6-7-18(19)12-17)15-23-10-8-22(9-11-23)14-16-4-2-1-3-5-16/h1-5,17-19H,6-15H2,(H,21,24)/t17-,18-,19+/m0/s1. The molecule has 130 valence electrons. The van der Waals surface area contributed by atoms with Gasteiger partial charge in [-0.3, -0.25) is 14.6 Å². The van der Waals surface area contributed by atoms with Gasteiger partial charge in [0.1, 0.15) is 0 Å². The summed E-state index contributed by atoms with van der Waals surface area (Å²) in [5, 5.41) is 3.31. The predicted octanol–water partition coefficient (Wildman–Crippen LogP) is 2.11. The highest BCUT2D eigenvalue weighted by Crippen LogP contribution is 2.44. The van der Waals surface area contributed by atoms with Crippen LogP contribution in [0.15, 0.2) is 30.3 Å². The first-order valence-corrected chi connectivity index (χ1v) is 9.54. The monoisotopic (exact) mass is 327 g/mol. The molecule has 0 unspecified atom stereocenters. The van der Waals surface area contributed by atoms with Crippen molar-refractivity contribution in [2.75, 3.05) is 32.7 Å². The molecule has 0 spiro atoms. The van der Waals surface area contributed by atoms with Crippen molar-refractivity contribution < 1.29 is 4.79 Å². The van der Waals surface area contributed by atoms with Crippen LogP contribution in [-0.4, -0.2) is 54.5 Å². The first-order chi connectivity index (χ1) is 11.8. The fourth-order valence-electron chi connectivity index (χ4n) is 4.82. The Balaban J connectivity index is 1.18. The van der Waals surface area contributed by atoms with Crippen molar-refractivity contribution in [3.63, 3.8) is 0 Å². The molecule has 4 heteroatoms. The minimum Gasteiger partial charge on any atom is -0.352 e. The lowest BCUT2D eigenvalue weighted by molar-refractivity contribution is -0.123. The van der Waals surface area contributed by atoms with E-state index in [1.54, 1.807) is 0 Å². The minimum atomic E-state index is 0.240. The summed E-state index contributed by atoms with van der Waals surface area (Å²) < 4.78 is 0. The molecule has 24 heavy (non-hydrogen) atoms. The molecule has 3 atom stereocenters. The van der Waals surface area contributed by atoms with E-state index in [0.717, 1.165) is 44.6 Å². The lowest BCUT2D eigenvalue weighted by Gasteiger charge is -2.34. The number of rotatable bonds is 5. The van der Waals surface area contributed by atoms with Crippen LogP contribution < -0.4 is 5.32 Å². The Morgan fingerprint density at radius 1 is 1.00 bits per heavy atom. The zero-order valence-electron chi connectivity index (χ0n) is 14.5. The predicted molar refractivity (Wildman–Crippen MR) is 95.5 cm³/mol. The molecular weight excluding hydrogens is 298 g/mol. The summed E-state index contributed by atoms with van der Waals surface area (Å²) >= 11 is 0. The highest BCUT2D eigenvalue weighted by molar-refractivity contribution is 5.78. The Kier molecular flexibility index (Phi) is 4.86. The Hall–Kier alpha value is -1.39. The largest absolute Gasteiger partial charge is 0.352 e. The summed E-state index contributed by atoms with van der Waals surface area (Å²) in [6.07, 6.45) is 5.29. The highest BCUT2D eigenvalue weighted by atomic mass is 16.2. The van der Waals surface area contributed by atoms with E-state index in [-0.39, 0.29) is 5.91 Å². The summed E-state index contributed by atoms with van der Waals surface area (Å²) in [7, 11) is 0. The number of nitrogens with one attached hydrogen (secondary N) is 1. The molecule has 1 N–H and O–H groups in total. The van der Waals surface area contributed by atoms with Crippen LogP contribution in [0.25, 0.3) is 0 Å². The van der Waals surface area contributed by atoms with E-state index in [0.29, 0.717) is 12.6 Å². The molecule has 4 nitrogen and oxygen atoms in total. The molecule has 3 fully saturated rings. The molecule has 4 rings (SSSR count). The molecule has 1 amide bonds. The van der Waals surface area contributed by atoms with Crippen molar-refractivity contribution in [2.45, 2.75) is 38.3 Å². The smallest absolute Gasteiger partial charge is 0.234 e. The maximum absolute atomic E-state index is 12.3. The number of benzene rings is 1. The van der Waals surface area contributed by atoms with Crippen molar-refractivity contribution in [2.24, 2.45) is 11.8 Å². The third-order valence-corrected chi connectivity index (χ3v) is 6.17. The van der Waals surface area contributed by atoms with Crippen molar-refractivity contribution in [1.82, 2.24) is 15.1 Å². The Labute approximate surface area is 145 Å². The van der Waals surface area contributed by atoms with E-state index < -0.39 is 0 Å². The first kappa shape index (κ1) is 16.1. The molecule has 0 aromatic heterocycles. The van der Waals surface area contributed by atoms with Gasteiger partial charge in [0, 0.05) is 38.8 Å². The van der Waals surface area contributed by atoms with Crippen molar-refractivity contribution in [3.8, 4) is 0 Å². The van der Waals surface area contributed by atoms with E-state index in [9.17, 15) is 4.79 Å². The molecule has 2 saturated carbocycles. The van der Waals surface area contributed by atoms with Gasteiger partial charge in [-0.2, -0.15) is 0 Å². The van der Waals surface area contributed by atoms with Gasteiger partial charge in [0.05, 0.1) is 6.54 Å². The number of amides is 1. The molecule has 1 aromatic carbocycles. The van der Waals surface area contributed by atoms with E-state index in [4.69, 9.17) is 0 Å². The van der Waals surface area contributed by atoms with Gasteiger partial charge in [0.15, 0.2) is 0 Å². The van der Waals surface area contributed by atoms with Gasteiger partial charge >= 0.3 is 0 Å². The highest BCUT2D eigenvalue weighted by Gasteiger charge is 2.40. The van der Waals surface area contributed by atoms with Gasteiger partial charge in [-0.1, -0.05) is 36.8 Å². The summed E-state index contributed by atoms with van der Waals surface area (Å²) in [6, 6.07) is 11.1. The number of piperazine rings is 1. The van der Waals surface area contributed by atoms with Crippen LogP contribution in [0.2, 0.25) is 0 Å². The Morgan fingerprint density at radius 3 is 2.42 bits per heavy atom. The maximum Gasteiger partial charge on any atom is 0.234 e. The molecule has 3 aliphatic rings. The first-order valence-electron chi connectivity index (χ1n) is 9.54. The van der Waals surface area contributed by atoms with Gasteiger partial charge in [0.25, 0.3) is 0 Å². The molecule has 1 aromatic rings. The van der Waals surface area contributed by atoms with Crippen molar-refractivity contribution >= 4 is 5.91 Å². The number of carbonyl (C=O) groups is 1. The lowest BCUT2D eigenvalue weighted by Crippen LogP contribution is -2.50. The second-order valence-electron chi connectivity index (χ2n) is 7.89. The topological polar surface area (TPSA) is 35.6 Å². The Morgan fingerprint density at radius 2 is 1.75 bits per heavy atom. The summed E-state index contributed by atoms with van der Waals surface area (Å²) in [5.41, 5.74) is 1.37. The molecular formula is C20H29N3O. The molecule has 1 saturated heterocycles. The van der Waals surface area contributed by atoms with Gasteiger partial charge in [0.2, 0.25) is 5.91 Å². The zero-order valence-corrected chi connectivity index (χ0v) is 14.5. The van der Waals surface area contributed by atoms with Crippen LogP contribution >= 0.6 is 0 Å². The van der Waals surface area contributed by atoms with E-state index in [2.05, 4.69) is 45.4 Å². The SMILES string of the molecule is O=C(CN1CCN(Cc2ccccc2)CC1)N[C@@H]1C[C@H]2CC[C@H]1C2. The third kappa shape index (κ3) is 3.81. The third-order valence-electron chi connectivity index (χ3n) is 6.17. The summed E-state index contributed by atoms with van der Waals surface area (Å²) in [4.78, 5) is 17.1. The number of carbonyl (C=O) groups excluding carboxylic acids is 1. The second kappa shape index (κ2) is 7.24. The van der Waals surface area contributed by atoms with Gasteiger partial charge in [-0.25, -0.2) is 0 Å². The van der Waals surface area contributed by atoms with Crippen LogP contribution in [0.4, 0.5) is 0 Å². The molecule has 1 aliphatic heterocycles. The van der Waals surface area contributed by atoms with E-state index in [1.165, 1.54) is 31.2 Å². The molecule has 2 aliphatic carbocycles. The van der Waals surface area contributed by atoms with Crippen LogP contribution in [0.3, 0.4) is 0 Å². The lowest BCUT2D eigenvalue weighted by atomic mass is 9.95. The number of hydrogen-bond donors (Lipinski definition) is 1. The fourth-order valence-corrected chi connectivity index (χ4v) is 4.82. The van der Waals surface area contributed by atoms with E-state index >= 15 is 0 Å². The van der Waals surface area contributed by atoms with Crippen LogP contribution in [0, 0.1) is 11.8 Å². The summed E-state index contributed by atoms with van der Waals surface area (Å²) in [6.45, 7) is 5.69. The van der Waals surface area contributed by atoms with Gasteiger partial charge in [-0.15, -0.1) is 0 Å². The molecule has 0 radical (unpaired) electrons. The van der Waals surface area contributed by atoms with Crippen LogP contribution in [0.5, 0.6) is 0 Å². The zero-order chi connectivity index (χ0) is 16.4. The number of nitrogens with zero attached hydrogens (tertiary/aromatic N) is 2. The Bertz CT molecular complexity index is 553. The van der Waals surface area contributed by atoms with Crippen molar-refractivity contribution in [3.05, 3.63) is 35.9 Å². The normalized spacial score (nSPS) is 30.6. The van der Waals surface area contributed by atoms with E-state index in [1.807, 2.05) is 0 Å². The average Bonchev–Trinajstić information content (AvgIpc) is 3.20. The quantitative estimate of drug-likeness (QED) is 0.900. The van der Waals surface area contributed by atoms with Gasteiger partial charge in [-0.05, 0) is 36.7 Å². The molecule has 2 bridgehead atoms. The average molecular weight is 327 g/mol. The molecule has 1 heterocycles. The van der Waals surface area contributed by atoms with Crippen LogP contribution in [0.1, 0.15) is 31.2 Å². The number of hydrogen-bond acceptors (Lipinski definition) is 3. The maximum atomic E-state index is 12.3. The second-order valence-corrected chi connectivity index (χ2v) is 7.89.